The van der Waals surface area contributed by atoms with E-state index in [1.54, 1.807) is 7.11 Å². The van der Waals surface area contributed by atoms with E-state index in [1.165, 1.54) is 0 Å². The molecule has 1 saturated carbocycles. The van der Waals surface area contributed by atoms with Gasteiger partial charge in [-0.3, -0.25) is 4.79 Å². The zero-order chi connectivity index (χ0) is 14.1. The number of hydrogen-bond acceptors (Lipinski definition) is 3. The molecule has 4 unspecified atom stereocenters. The molecular weight excluding hydrogens is 252 g/mol. The van der Waals surface area contributed by atoms with Gasteiger partial charge in [0, 0.05) is 26.2 Å². The number of methoxy groups -OCH3 is 1. The van der Waals surface area contributed by atoms with E-state index in [9.17, 15) is 4.79 Å². The number of carbonyl (C=O) groups is 1. The Morgan fingerprint density at radius 3 is 2.70 bits per heavy atom. The number of likely N-dealkylation sites (tertiary alicyclic amines) is 1. The van der Waals surface area contributed by atoms with Gasteiger partial charge in [-0.1, -0.05) is 30.3 Å². The Morgan fingerprint density at radius 2 is 2.05 bits per heavy atom. The molecule has 108 valence electrons. The van der Waals surface area contributed by atoms with Gasteiger partial charge in [0.05, 0.1) is 0 Å². The molecule has 2 fully saturated rings. The minimum absolute atomic E-state index is 0.0697. The smallest absolute Gasteiger partial charge is 0.256 e. The third-order valence-electron chi connectivity index (χ3n) is 4.79. The fourth-order valence-electron chi connectivity index (χ4n) is 3.66. The van der Waals surface area contributed by atoms with Crippen LogP contribution in [-0.4, -0.2) is 37.0 Å². The highest BCUT2D eigenvalue weighted by atomic mass is 16.5. The minimum Gasteiger partial charge on any atom is -0.367 e. The van der Waals surface area contributed by atoms with Gasteiger partial charge in [0.25, 0.3) is 5.91 Å². The van der Waals surface area contributed by atoms with Crippen molar-refractivity contribution in [3.8, 4) is 0 Å². The van der Waals surface area contributed by atoms with Crippen LogP contribution in [0.1, 0.15) is 24.5 Å². The summed E-state index contributed by atoms with van der Waals surface area (Å²) in [5.74, 6) is 1.13. The molecule has 4 nitrogen and oxygen atoms in total. The maximum Gasteiger partial charge on any atom is 0.256 e. The van der Waals surface area contributed by atoms with Crippen LogP contribution in [0.15, 0.2) is 30.3 Å². The standard InChI is InChI=1S/C16H22N2O2/c1-20-15(11-5-3-2-4-6-11)16(19)18-9-12-7-8-14(17)13(12)10-18/h2-6,12-15H,7-10,17H2,1H3. The molecule has 2 aliphatic rings. The number of ether oxygens (including phenoxy) is 1. The number of benzene rings is 1. The van der Waals surface area contributed by atoms with Crippen molar-refractivity contribution in [2.24, 2.45) is 17.6 Å². The van der Waals surface area contributed by atoms with Crippen LogP contribution in [0, 0.1) is 11.8 Å². The summed E-state index contributed by atoms with van der Waals surface area (Å²) in [6.45, 7) is 1.63. The first-order valence-electron chi connectivity index (χ1n) is 7.33. The van der Waals surface area contributed by atoms with Gasteiger partial charge < -0.3 is 15.4 Å². The van der Waals surface area contributed by atoms with Crippen molar-refractivity contribution in [2.75, 3.05) is 20.2 Å². The first-order valence-corrected chi connectivity index (χ1v) is 7.33. The molecule has 0 bridgehead atoms. The average molecular weight is 274 g/mol. The number of carbonyl (C=O) groups excluding carboxylic acids is 1. The van der Waals surface area contributed by atoms with Crippen molar-refractivity contribution >= 4 is 5.91 Å². The van der Waals surface area contributed by atoms with E-state index >= 15 is 0 Å². The van der Waals surface area contributed by atoms with Crippen LogP contribution in [0.3, 0.4) is 0 Å². The van der Waals surface area contributed by atoms with Crippen LogP contribution in [0.4, 0.5) is 0 Å². The molecule has 3 rings (SSSR count). The quantitative estimate of drug-likeness (QED) is 0.910. The molecule has 20 heavy (non-hydrogen) atoms. The molecular formula is C16H22N2O2. The zero-order valence-electron chi connectivity index (χ0n) is 11.9. The molecule has 0 aromatic heterocycles. The highest BCUT2D eigenvalue weighted by Gasteiger charge is 2.43. The predicted octanol–water partition coefficient (Wildman–Crippen LogP) is 1.57. The second-order valence-electron chi connectivity index (χ2n) is 5.93. The lowest BCUT2D eigenvalue weighted by molar-refractivity contribution is -0.141. The van der Waals surface area contributed by atoms with E-state index in [4.69, 9.17) is 10.5 Å². The lowest BCUT2D eigenvalue weighted by Crippen LogP contribution is -2.36. The largest absolute Gasteiger partial charge is 0.367 e. The van der Waals surface area contributed by atoms with Gasteiger partial charge in [0.15, 0.2) is 6.10 Å². The molecule has 0 radical (unpaired) electrons. The molecule has 1 heterocycles. The van der Waals surface area contributed by atoms with Gasteiger partial charge in [-0.2, -0.15) is 0 Å². The molecule has 2 N–H and O–H groups in total. The van der Waals surface area contributed by atoms with E-state index in [-0.39, 0.29) is 11.9 Å². The molecule has 1 aromatic rings. The monoisotopic (exact) mass is 274 g/mol. The van der Waals surface area contributed by atoms with Crippen molar-refractivity contribution < 1.29 is 9.53 Å². The summed E-state index contributed by atoms with van der Waals surface area (Å²) in [4.78, 5) is 14.6. The van der Waals surface area contributed by atoms with Crippen molar-refractivity contribution in [3.63, 3.8) is 0 Å². The van der Waals surface area contributed by atoms with Gasteiger partial charge in [-0.25, -0.2) is 0 Å². The Kier molecular flexibility index (Phi) is 3.76. The maximum atomic E-state index is 12.7. The van der Waals surface area contributed by atoms with E-state index in [2.05, 4.69) is 0 Å². The van der Waals surface area contributed by atoms with E-state index in [1.807, 2.05) is 35.2 Å². The van der Waals surface area contributed by atoms with Gasteiger partial charge >= 0.3 is 0 Å². The van der Waals surface area contributed by atoms with E-state index < -0.39 is 6.10 Å². The normalized spacial score (nSPS) is 30.3. The topological polar surface area (TPSA) is 55.6 Å². The van der Waals surface area contributed by atoms with Crippen molar-refractivity contribution in [1.29, 1.82) is 0 Å². The molecule has 1 aromatic carbocycles. The third-order valence-corrected chi connectivity index (χ3v) is 4.79. The van der Waals surface area contributed by atoms with Crippen LogP contribution >= 0.6 is 0 Å². The summed E-state index contributed by atoms with van der Waals surface area (Å²) in [5.41, 5.74) is 7.05. The van der Waals surface area contributed by atoms with Crippen LogP contribution in [0.5, 0.6) is 0 Å². The second kappa shape index (κ2) is 5.54. The summed E-state index contributed by atoms with van der Waals surface area (Å²) in [6.07, 6.45) is 1.76. The highest BCUT2D eigenvalue weighted by Crippen LogP contribution is 2.38. The van der Waals surface area contributed by atoms with Crippen molar-refractivity contribution in [3.05, 3.63) is 35.9 Å². The fraction of sp³-hybridized carbons (Fsp3) is 0.562. The Bertz CT molecular complexity index is 477. The predicted molar refractivity (Wildman–Crippen MR) is 77.0 cm³/mol. The van der Waals surface area contributed by atoms with Crippen LogP contribution < -0.4 is 5.73 Å². The van der Waals surface area contributed by atoms with E-state index in [0.717, 1.165) is 31.5 Å². The Morgan fingerprint density at radius 1 is 1.30 bits per heavy atom. The number of nitrogens with zero attached hydrogens (tertiary/aromatic N) is 1. The average Bonchev–Trinajstić information content (AvgIpc) is 3.03. The van der Waals surface area contributed by atoms with Gasteiger partial charge in [0.2, 0.25) is 0 Å². The van der Waals surface area contributed by atoms with Gasteiger partial charge in [-0.05, 0) is 30.2 Å². The van der Waals surface area contributed by atoms with Crippen molar-refractivity contribution in [2.45, 2.75) is 25.0 Å². The third kappa shape index (κ3) is 2.34. The molecule has 1 aliphatic carbocycles. The summed E-state index contributed by atoms with van der Waals surface area (Å²) >= 11 is 0. The lowest BCUT2D eigenvalue weighted by atomic mass is 9.98. The zero-order valence-corrected chi connectivity index (χ0v) is 11.9. The van der Waals surface area contributed by atoms with Crippen molar-refractivity contribution in [1.82, 2.24) is 4.90 Å². The molecule has 0 spiro atoms. The second-order valence-corrected chi connectivity index (χ2v) is 5.93. The number of nitrogens with two attached hydrogens (primary N) is 1. The highest BCUT2D eigenvalue weighted by molar-refractivity contribution is 5.82. The summed E-state index contributed by atoms with van der Waals surface area (Å²) in [7, 11) is 1.60. The fourth-order valence-corrected chi connectivity index (χ4v) is 3.66. The summed E-state index contributed by atoms with van der Waals surface area (Å²) in [6, 6.07) is 9.95. The number of rotatable bonds is 3. The first kappa shape index (κ1) is 13.6. The lowest BCUT2D eigenvalue weighted by Gasteiger charge is -2.24. The number of hydrogen-bond donors (Lipinski definition) is 1. The minimum atomic E-state index is -0.494. The molecule has 1 amide bonds. The Labute approximate surface area is 119 Å². The van der Waals surface area contributed by atoms with Gasteiger partial charge in [-0.15, -0.1) is 0 Å². The van der Waals surface area contributed by atoms with Crippen LogP contribution in [-0.2, 0) is 9.53 Å². The first-order chi connectivity index (χ1) is 9.70. The van der Waals surface area contributed by atoms with Crippen LogP contribution in [0.25, 0.3) is 0 Å². The Balaban J connectivity index is 1.72. The Hall–Kier alpha value is -1.39. The molecule has 4 heteroatoms. The maximum absolute atomic E-state index is 12.7. The van der Waals surface area contributed by atoms with Gasteiger partial charge in [0.1, 0.15) is 0 Å². The summed E-state index contributed by atoms with van der Waals surface area (Å²) < 4.78 is 5.44. The summed E-state index contributed by atoms with van der Waals surface area (Å²) in [5, 5.41) is 0. The molecule has 4 atom stereocenters. The number of amides is 1. The molecule has 1 saturated heterocycles. The van der Waals surface area contributed by atoms with Crippen LogP contribution in [0.2, 0.25) is 0 Å². The molecule has 1 aliphatic heterocycles. The van der Waals surface area contributed by atoms with E-state index in [0.29, 0.717) is 11.8 Å². The number of fused-ring (bicyclic) bond motifs is 1. The SMILES string of the molecule is COC(C(=O)N1CC2CCC(N)C2C1)c1ccccc1.